The van der Waals surface area contributed by atoms with E-state index < -0.39 is 39.6 Å². The molecule has 1 saturated carbocycles. The van der Waals surface area contributed by atoms with Gasteiger partial charge in [-0.3, -0.25) is 14.6 Å². The van der Waals surface area contributed by atoms with E-state index in [9.17, 15) is 20.1 Å². The molecule has 5 aliphatic heterocycles. The predicted molar refractivity (Wildman–Crippen MR) is 201 cm³/mol. The Kier molecular flexibility index (Phi) is 7.30. The van der Waals surface area contributed by atoms with Gasteiger partial charge in [-0.05, 0) is 106 Å². The number of benzene rings is 2. The number of carbonyl (C=O) groups excluding carboxylic acids is 1. The van der Waals surface area contributed by atoms with Gasteiger partial charge in [-0.15, -0.1) is 0 Å². The number of likely N-dealkylation sites (N-methyl/N-ethyl adjacent to an activating group) is 1. The number of aromatic nitrogens is 1. The van der Waals surface area contributed by atoms with Crippen LogP contribution in [0.5, 0.6) is 0 Å². The Labute approximate surface area is 302 Å². The molecule has 3 aromatic rings. The fourth-order valence-corrected chi connectivity index (χ4v) is 13.2. The Morgan fingerprint density at radius 1 is 1.04 bits per heavy atom. The number of hydrogen-bond acceptors (Lipinski definition) is 7. The van der Waals surface area contributed by atoms with E-state index in [0.717, 1.165) is 76.0 Å². The number of piperidine rings is 1. The van der Waals surface area contributed by atoms with Gasteiger partial charge in [-0.1, -0.05) is 50.3 Å². The number of H-pyrrole nitrogens is 1. The third-order valence-corrected chi connectivity index (χ3v) is 15.3. The third-order valence-electron chi connectivity index (χ3n) is 15.3. The molecule has 0 radical (unpaired) electrons. The lowest BCUT2D eigenvalue weighted by atomic mass is 9.47. The molecule has 2 saturated heterocycles. The number of hydrogen-bond donors (Lipinski definition) is 4. The lowest BCUT2D eigenvalue weighted by Gasteiger charge is -2.63. The number of fused-ring (bicyclic) bond motifs is 6. The highest BCUT2D eigenvalue weighted by molar-refractivity contribution is 5.90. The first-order chi connectivity index (χ1) is 24.3. The summed E-state index contributed by atoms with van der Waals surface area (Å²) in [4.78, 5) is 25.0. The van der Waals surface area contributed by atoms with E-state index in [1.165, 1.54) is 40.3 Å². The van der Waals surface area contributed by atoms with Gasteiger partial charge in [0, 0.05) is 77.8 Å². The summed E-state index contributed by atoms with van der Waals surface area (Å²) in [5, 5.41) is 38.2. The van der Waals surface area contributed by atoms with Crippen LogP contribution >= 0.6 is 0 Å². The minimum atomic E-state index is -1.94. The molecule has 5 unspecified atom stereocenters. The minimum Gasteiger partial charge on any atom is -0.389 e. The van der Waals surface area contributed by atoms with Crippen molar-refractivity contribution in [1.82, 2.24) is 14.8 Å². The molecule has 8 heteroatoms. The number of aliphatic hydroxyl groups excluding tert-OH is 1. The normalized spacial score (nSPS) is 41.4. The molecule has 2 bridgehead atoms. The number of carbonyl (C=O) groups is 1. The Morgan fingerprint density at radius 2 is 1.82 bits per heavy atom. The summed E-state index contributed by atoms with van der Waals surface area (Å²) in [6.45, 7) is 14.6. The Hall–Kier alpha value is -3.01. The molecule has 10 atom stereocenters. The summed E-state index contributed by atoms with van der Waals surface area (Å²) in [7, 11) is 2.03. The molecule has 1 aliphatic carbocycles. The molecule has 0 amide bonds. The number of anilines is 1. The lowest BCUT2D eigenvalue weighted by molar-refractivity contribution is -0.200. The lowest BCUT2D eigenvalue weighted by Crippen LogP contribution is -2.80. The van der Waals surface area contributed by atoms with Gasteiger partial charge in [0.25, 0.3) is 0 Å². The van der Waals surface area contributed by atoms with Crippen LogP contribution in [0.3, 0.4) is 0 Å². The minimum absolute atomic E-state index is 0.0534. The van der Waals surface area contributed by atoms with E-state index in [-0.39, 0.29) is 11.8 Å². The molecular formula is C43H56N4O4. The van der Waals surface area contributed by atoms with Crippen molar-refractivity contribution in [3.63, 3.8) is 0 Å². The number of ketones is 1. The molecule has 8 nitrogen and oxygen atoms in total. The fraction of sp³-hybridized carbons (Fsp3) is 0.605. The number of aryl methyl sites for hydroxylation is 1. The van der Waals surface area contributed by atoms with Crippen LogP contribution in [0.25, 0.3) is 10.9 Å². The van der Waals surface area contributed by atoms with Crippen LogP contribution in [0.2, 0.25) is 0 Å². The molecule has 6 aliphatic rings. The summed E-state index contributed by atoms with van der Waals surface area (Å²) in [5.41, 5.74) is 4.19. The Balaban J connectivity index is 1.30. The zero-order valence-corrected chi connectivity index (χ0v) is 31.3. The first kappa shape index (κ1) is 33.8. The number of para-hydroxylation sites is 1. The number of rotatable bonds is 4. The van der Waals surface area contributed by atoms with E-state index in [0.29, 0.717) is 12.3 Å². The van der Waals surface area contributed by atoms with Crippen LogP contribution in [-0.4, -0.2) is 105 Å². The summed E-state index contributed by atoms with van der Waals surface area (Å²) in [6.07, 6.45) is 7.83. The number of nitrogens with zero attached hydrogens (tertiary/aromatic N) is 3. The summed E-state index contributed by atoms with van der Waals surface area (Å²) >= 11 is 0. The maximum Gasteiger partial charge on any atom is 0.170 e. The molecular weight excluding hydrogens is 636 g/mol. The first-order valence-corrected chi connectivity index (χ1v) is 19.5. The quantitative estimate of drug-likeness (QED) is 0.286. The molecule has 9 rings (SSSR count). The zero-order valence-electron chi connectivity index (χ0n) is 31.3. The van der Waals surface area contributed by atoms with Gasteiger partial charge < -0.3 is 25.2 Å². The van der Waals surface area contributed by atoms with E-state index >= 15 is 0 Å². The number of aliphatic hydroxyl groups is 3. The molecule has 1 aromatic heterocycles. The third kappa shape index (κ3) is 4.17. The van der Waals surface area contributed by atoms with Crippen molar-refractivity contribution in [2.45, 2.75) is 113 Å². The maximum absolute atomic E-state index is 13.8. The zero-order chi connectivity index (χ0) is 35.9. The van der Waals surface area contributed by atoms with E-state index in [2.05, 4.69) is 95.9 Å². The monoisotopic (exact) mass is 692 g/mol. The van der Waals surface area contributed by atoms with Crippen molar-refractivity contribution in [3.8, 4) is 0 Å². The van der Waals surface area contributed by atoms with Crippen molar-refractivity contribution in [3.05, 3.63) is 76.5 Å². The van der Waals surface area contributed by atoms with Crippen LogP contribution in [-0.2, 0) is 22.0 Å². The number of nitrogens with one attached hydrogen (secondary N) is 1. The smallest absolute Gasteiger partial charge is 0.170 e. The highest BCUT2D eigenvalue weighted by Crippen LogP contribution is 2.67. The van der Waals surface area contributed by atoms with Crippen LogP contribution < -0.4 is 4.90 Å². The molecule has 272 valence electrons. The van der Waals surface area contributed by atoms with Crippen LogP contribution in [0.15, 0.2) is 48.6 Å². The second-order valence-electron chi connectivity index (χ2n) is 17.7. The van der Waals surface area contributed by atoms with Gasteiger partial charge in [0.1, 0.15) is 6.10 Å². The predicted octanol–water partition coefficient (Wildman–Crippen LogP) is 4.98. The van der Waals surface area contributed by atoms with Gasteiger partial charge in [-0.25, -0.2) is 0 Å². The van der Waals surface area contributed by atoms with Gasteiger partial charge in [-0.2, -0.15) is 0 Å². The first-order valence-electron chi connectivity index (χ1n) is 19.5. The number of Topliss-reactive ketones (excluding diaryl/α,β-unsaturated/α-hetero) is 1. The second-order valence-corrected chi connectivity index (χ2v) is 17.7. The molecule has 6 heterocycles. The summed E-state index contributed by atoms with van der Waals surface area (Å²) < 4.78 is 0. The van der Waals surface area contributed by atoms with Gasteiger partial charge in [0.2, 0.25) is 0 Å². The fourth-order valence-electron chi connectivity index (χ4n) is 13.2. The molecule has 1 spiro atoms. The molecule has 3 fully saturated rings. The van der Waals surface area contributed by atoms with Crippen molar-refractivity contribution < 1.29 is 20.1 Å². The molecule has 4 N–H and O–H groups in total. The molecule has 2 aromatic carbocycles. The van der Waals surface area contributed by atoms with Crippen molar-refractivity contribution in [1.29, 1.82) is 0 Å². The van der Waals surface area contributed by atoms with E-state index in [1.807, 2.05) is 7.05 Å². The largest absolute Gasteiger partial charge is 0.389 e. The second kappa shape index (κ2) is 11.0. The Bertz CT molecular complexity index is 1970. The molecule has 51 heavy (non-hydrogen) atoms. The van der Waals surface area contributed by atoms with E-state index in [4.69, 9.17) is 0 Å². The Morgan fingerprint density at radius 3 is 2.57 bits per heavy atom. The highest BCUT2D eigenvalue weighted by atomic mass is 16.4. The summed E-state index contributed by atoms with van der Waals surface area (Å²) in [6, 6.07) is 12.9. The van der Waals surface area contributed by atoms with Crippen molar-refractivity contribution >= 4 is 22.4 Å². The van der Waals surface area contributed by atoms with Gasteiger partial charge in [0.05, 0.1) is 11.6 Å². The summed E-state index contributed by atoms with van der Waals surface area (Å²) in [5.74, 6) is -0.0611. The highest BCUT2D eigenvalue weighted by Gasteiger charge is 2.78. The van der Waals surface area contributed by atoms with Gasteiger partial charge >= 0.3 is 0 Å². The van der Waals surface area contributed by atoms with Crippen molar-refractivity contribution in [2.24, 2.45) is 11.3 Å². The topological polar surface area (TPSA) is 103 Å². The van der Waals surface area contributed by atoms with Crippen LogP contribution in [0, 0.1) is 18.3 Å². The van der Waals surface area contributed by atoms with E-state index in [1.54, 1.807) is 0 Å². The van der Waals surface area contributed by atoms with Crippen LogP contribution in [0.1, 0.15) is 87.7 Å². The van der Waals surface area contributed by atoms with Gasteiger partial charge in [0.15, 0.2) is 11.4 Å². The maximum atomic E-state index is 13.8. The average Bonchev–Trinajstić information content (AvgIpc) is 3.76. The standard InChI is InChI=1S/C43H56N4O4/c1-7-40(50)23-28-22-39(5,35-30(14-18-46(24-28)25-40)29-12-9-10-13-33(29)44-35)31-21-32-34(20-26(31)3)45(6)37-42(32)16-19-47-17-11-15-41(8-2,36(42)47)38(49)43(37,51)27(4)48/h9-13,15,20-21,28,36-38,44,49-51H,7-8,14,16-19,22-25H2,1-6H3/t28-,36?,37?,38+,39+,40?,41+,42?,43-/m0/s1. The average molecular weight is 693 g/mol. The van der Waals surface area contributed by atoms with Crippen LogP contribution in [0.4, 0.5) is 5.69 Å². The SMILES string of the molecule is CCC1(O)C[C@H]2CN(CCc3c([nH]c4ccccc34)[C@@](C)(c3cc4c(cc3C)N(C)C3C45CCN4CC=C[C@](CC)(C45)[C@@H](O)[C@]3(O)C(C)=O)C2)C1. The van der Waals surface area contributed by atoms with Crippen molar-refractivity contribution in [2.75, 3.05) is 44.7 Å². The number of aromatic amines is 1.